The smallest absolute Gasteiger partial charge is 0.407 e. The Labute approximate surface area is 133 Å². The lowest BCUT2D eigenvalue weighted by atomic mass is 10.3. The second kappa shape index (κ2) is 8.03. The maximum absolute atomic E-state index is 14.0. The summed E-state index contributed by atoms with van der Waals surface area (Å²) in [6.45, 7) is 2.48. The first-order valence-corrected chi connectivity index (χ1v) is 7.23. The maximum Gasteiger partial charge on any atom is 0.407 e. The Bertz CT molecular complexity index is 648. The van der Waals surface area contributed by atoms with Crippen LogP contribution in [-0.2, 0) is 0 Å². The van der Waals surface area contributed by atoms with Crippen molar-refractivity contribution in [1.29, 1.82) is 0 Å². The highest BCUT2D eigenvalue weighted by molar-refractivity contribution is 5.64. The molecular formula is C17H18FNO4. The van der Waals surface area contributed by atoms with Crippen LogP contribution in [0.4, 0.5) is 9.18 Å². The molecule has 1 amide bonds. The number of rotatable bonds is 7. The summed E-state index contributed by atoms with van der Waals surface area (Å²) in [7, 11) is 0. The van der Waals surface area contributed by atoms with Gasteiger partial charge < -0.3 is 19.5 Å². The van der Waals surface area contributed by atoms with Gasteiger partial charge in [0, 0.05) is 12.6 Å². The predicted octanol–water partition coefficient (Wildman–Crippen LogP) is 4.00. The first kappa shape index (κ1) is 16.6. The molecule has 0 spiro atoms. The van der Waals surface area contributed by atoms with E-state index in [4.69, 9.17) is 14.6 Å². The number of carbonyl (C=O) groups is 1. The number of hydrogen-bond donors (Lipinski definition) is 1. The number of benzene rings is 2. The monoisotopic (exact) mass is 319 g/mol. The van der Waals surface area contributed by atoms with Gasteiger partial charge in [0.05, 0.1) is 6.54 Å². The van der Waals surface area contributed by atoms with Crippen molar-refractivity contribution in [3.05, 3.63) is 54.3 Å². The lowest BCUT2D eigenvalue weighted by Gasteiger charge is -2.17. The van der Waals surface area contributed by atoms with Gasteiger partial charge in [-0.3, -0.25) is 0 Å². The Hall–Kier alpha value is -2.76. The summed E-state index contributed by atoms with van der Waals surface area (Å²) < 4.78 is 24.8. The molecule has 0 saturated carbocycles. The number of ether oxygens (including phenoxy) is 2. The first-order chi connectivity index (χ1) is 11.1. The van der Waals surface area contributed by atoms with Gasteiger partial charge >= 0.3 is 6.09 Å². The van der Waals surface area contributed by atoms with E-state index in [9.17, 15) is 9.18 Å². The van der Waals surface area contributed by atoms with Crippen molar-refractivity contribution < 1.29 is 23.8 Å². The molecule has 6 heteroatoms. The molecule has 5 nitrogen and oxygen atoms in total. The van der Waals surface area contributed by atoms with E-state index < -0.39 is 11.9 Å². The van der Waals surface area contributed by atoms with Crippen molar-refractivity contribution in [1.82, 2.24) is 4.90 Å². The third kappa shape index (κ3) is 4.88. The Morgan fingerprint density at radius 3 is 2.52 bits per heavy atom. The van der Waals surface area contributed by atoms with Crippen LogP contribution in [0.15, 0.2) is 48.5 Å². The molecule has 0 saturated heterocycles. The molecular weight excluding hydrogens is 301 g/mol. The van der Waals surface area contributed by atoms with Gasteiger partial charge in [-0.1, -0.05) is 18.2 Å². The van der Waals surface area contributed by atoms with Crippen molar-refractivity contribution in [3.8, 4) is 17.2 Å². The molecule has 0 atom stereocenters. The van der Waals surface area contributed by atoms with Gasteiger partial charge in [-0.25, -0.2) is 9.18 Å². The Kier molecular flexibility index (Phi) is 5.80. The summed E-state index contributed by atoms with van der Waals surface area (Å²) in [5, 5.41) is 8.88. The van der Waals surface area contributed by atoms with Crippen molar-refractivity contribution >= 4 is 6.09 Å². The predicted molar refractivity (Wildman–Crippen MR) is 83.7 cm³/mol. The van der Waals surface area contributed by atoms with Gasteiger partial charge in [0.15, 0.2) is 11.6 Å². The summed E-state index contributed by atoms with van der Waals surface area (Å²) in [6.07, 6.45) is -1.01. The molecule has 2 aromatic carbocycles. The molecule has 122 valence electrons. The minimum absolute atomic E-state index is 0.101. The Morgan fingerprint density at radius 1 is 1.17 bits per heavy atom. The van der Waals surface area contributed by atoms with E-state index in [1.165, 1.54) is 17.0 Å². The van der Waals surface area contributed by atoms with Crippen LogP contribution in [0.5, 0.6) is 17.2 Å². The number of amides is 1. The quantitative estimate of drug-likeness (QED) is 0.838. The topological polar surface area (TPSA) is 59.0 Å². The number of hydrogen-bond acceptors (Lipinski definition) is 3. The van der Waals surface area contributed by atoms with Gasteiger partial charge in [0.1, 0.15) is 18.1 Å². The highest BCUT2D eigenvalue weighted by atomic mass is 19.1. The number of para-hydroxylation sites is 1. The number of nitrogens with zero attached hydrogens (tertiary/aromatic N) is 1. The third-order valence-corrected chi connectivity index (χ3v) is 3.16. The van der Waals surface area contributed by atoms with Gasteiger partial charge in [-0.2, -0.15) is 0 Å². The second-order valence-electron chi connectivity index (χ2n) is 4.72. The Balaban J connectivity index is 1.93. The van der Waals surface area contributed by atoms with Crippen LogP contribution in [0, 0.1) is 5.82 Å². The van der Waals surface area contributed by atoms with E-state index in [0.29, 0.717) is 18.0 Å². The van der Waals surface area contributed by atoms with Crippen molar-refractivity contribution in [2.45, 2.75) is 6.92 Å². The molecule has 2 aromatic rings. The highest BCUT2D eigenvalue weighted by Gasteiger charge is 2.10. The molecule has 0 bridgehead atoms. The Morgan fingerprint density at radius 2 is 1.91 bits per heavy atom. The highest BCUT2D eigenvalue weighted by Crippen LogP contribution is 2.27. The molecule has 0 radical (unpaired) electrons. The van der Waals surface area contributed by atoms with Crippen LogP contribution in [0.2, 0.25) is 0 Å². The summed E-state index contributed by atoms with van der Waals surface area (Å²) in [4.78, 5) is 12.1. The van der Waals surface area contributed by atoms with E-state index in [2.05, 4.69) is 0 Å². The van der Waals surface area contributed by atoms with Crippen molar-refractivity contribution in [2.24, 2.45) is 0 Å². The normalized spacial score (nSPS) is 10.2. The van der Waals surface area contributed by atoms with Gasteiger partial charge in [0.2, 0.25) is 0 Å². The van der Waals surface area contributed by atoms with Crippen molar-refractivity contribution in [2.75, 3.05) is 19.7 Å². The summed E-state index contributed by atoms with van der Waals surface area (Å²) in [6, 6.07) is 13.2. The standard InChI is InChI=1S/C17H18FNO4/c1-2-19(17(20)21)10-11-22-14-8-9-16(15(18)12-14)23-13-6-4-3-5-7-13/h3-9,12H,2,10-11H2,1H3,(H,20,21). The summed E-state index contributed by atoms with van der Waals surface area (Å²) >= 11 is 0. The SMILES string of the molecule is CCN(CCOc1ccc(Oc2ccccc2)c(F)c1)C(=O)O. The molecule has 0 aliphatic rings. The number of likely N-dealkylation sites (N-methyl/N-ethyl adjacent to an activating group) is 1. The first-order valence-electron chi connectivity index (χ1n) is 7.23. The zero-order valence-electron chi connectivity index (χ0n) is 12.7. The average Bonchev–Trinajstić information content (AvgIpc) is 2.54. The summed E-state index contributed by atoms with van der Waals surface area (Å²) in [5.41, 5.74) is 0. The van der Waals surface area contributed by atoms with E-state index in [1.807, 2.05) is 6.07 Å². The van der Waals surface area contributed by atoms with Crippen LogP contribution in [0.25, 0.3) is 0 Å². The minimum Gasteiger partial charge on any atom is -0.492 e. The number of halogens is 1. The second-order valence-corrected chi connectivity index (χ2v) is 4.72. The van der Waals surface area contributed by atoms with E-state index in [0.717, 1.165) is 0 Å². The maximum atomic E-state index is 14.0. The lowest BCUT2D eigenvalue weighted by molar-refractivity contribution is 0.138. The molecule has 0 unspecified atom stereocenters. The summed E-state index contributed by atoms with van der Waals surface area (Å²) in [5.74, 6) is 0.422. The van der Waals surface area contributed by atoms with Crippen LogP contribution in [0.3, 0.4) is 0 Å². The largest absolute Gasteiger partial charge is 0.492 e. The van der Waals surface area contributed by atoms with E-state index in [-0.39, 0.29) is 18.9 Å². The zero-order chi connectivity index (χ0) is 16.7. The third-order valence-electron chi connectivity index (χ3n) is 3.16. The van der Waals surface area contributed by atoms with Gasteiger partial charge in [-0.05, 0) is 31.2 Å². The van der Waals surface area contributed by atoms with E-state index >= 15 is 0 Å². The molecule has 0 heterocycles. The minimum atomic E-state index is -1.01. The fourth-order valence-corrected chi connectivity index (χ4v) is 1.93. The molecule has 2 rings (SSSR count). The molecule has 1 N–H and O–H groups in total. The van der Waals surface area contributed by atoms with Gasteiger partial charge in [-0.15, -0.1) is 0 Å². The molecule has 0 aromatic heterocycles. The number of carboxylic acid groups (broad SMARTS) is 1. The van der Waals surface area contributed by atoms with E-state index in [1.54, 1.807) is 37.3 Å². The lowest BCUT2D eigenvalue weighted by Crippen LogP contribution is -2.33. The molecule has 0 aliphatic carbocycles. The molecule has 23 heavy (non-hydrogen) atoms. The molecule has 0 fully saturated rings. The molecule has 0 aliphatic heterocycles. The zero-order valence-corrected chi connectivity index (χ0v) is 12.7. The van der Waals surface area contributed by atoms with Crippen LogP contribution < -0.4 is 9.47 Å². The van der Waals surface area contributed by atoms with Crippen LogP contribution >= 0.6 is 0 Å². The van der Waals surface area contributed by atoms with Gasteiger partial charge in [0.25, 0.3) is 0 Å². The fraction of sp³-hybridized carbons (Fsp3) is 0.235. The van der Waals surface area contributed by atoms with Crippen molar-refractivity contribution in [3.63, 3.8) is 0 Å². The average molecular weight is 319 g/mol. The van der Waals surface area contributed by atoms with Crippen LogP contribution in [0.1, 0.15) is 6.92 Å². The fourth-order valence-electron chi connectivity index (χ4n) is 1.93. The van der Waals surface area contributed by atoms with Crippen LogP contribution in [-0.4, -0.2) is 35.8 Å².